The van der Waals surface area contributed by atoms with E-state index in [1.54, 1.807) is 16.7 Å². The number of nitrogens with one attached hydrogen (secondary N) is 1. The van der Waals surface area contributed by atoms with Crippen LogP contribution < -0.4 is 10.2 Å². The van der Waals surface area contributed by atoms with Gasteiger partial charge in [0.15, 0.2) is 0 Å². The molecule has 1 N–H and O–H groups in total. The molecule has 146 valence electrons. The highest BCUT2D eigenvalue weighted by Gasteiger charge is 2.34. The number of carbonyl (C=O) groups is 3. The SMILES string of the molecule is CCOC(=O)[C@@H]1CCCN(C(=O)N[C@H]2CC(=O)N(c3ccc(C)cc3)C2)C1. The predicted octanol–water partition coefficient (Wildman–Crippen LogP) is 2.09. The van der Waals surface area contributed by atoms with Crippen molar-refractivity contribution in [1.82, 2.24) is 10.2 Å². The Morgan fingerprint density at radius 3 is 2.67 bits per heavy atom. The lowest BCUT2D eigenvalue weighted by Crippen LogP contribution is -2.50. The average molecular weight is 373 g/mol. The van der Waals surface area contributed by atoms with Crippen molar-refractivity contribution in [2.45, 2.75) is 39.2 Å². The van der Waals surface area contributed by atoms with Crippen LogP contribution in [-0.2, 0) is 14.3 Å². The van der Waals surface area contributed by atoms with Crippen LogP contribution in [0.4, 0.5) is 10.5 Å². The van der Waals surface area contributed by atoms with Crippen molar-refractivity contribution in [2.24, 2.45) is 5.92 Å². The van der Waals surface area contributed by atoms with E-state index >= 15 is 0 Å². The topological polar surface area (TPSA) is 79.0 Å². The van der Waals surface area contributed by atoms with Crippen molar-refractivity contribution in [3.8, 4) is 0 Å². The van der Waals surface area contributed by atoms with Gasteiger partial charge < -0.3 is 19.9 Å². The smallest absolute Gasteiger partial charge is 0.317 e. The second kappa shape index (κ2) is 8.41. The molecule has 7 nitrogen and oxygen atoms in total. The van der Waals surface area contributed by atoms with Gasteiger partial charge in [-0.3, -0.25) is 9.59 Å². The van der Waals surface area contributed by atoms with Crippen molar-refractivity contribution in [3.63, 3.8) is 0 Å². The molecular formula is C20H27N3O4. The molecule has 0 unspecified atom stereocenters. The first kappa shape index (κ1) is 19.2. The van der Waals surface area contributed by atoms with Crippen LogP contribution in [0.15, 0.2) is 24.3 Å². The van der Waals surface area contributed by atoms with Gasteiger partial charge in [-0.25, -0.2) is 4.79 Å². The minimum absolute atomic E-state index is 0.00666. The average Bonchev–Trinajstić information content (AvgIpc) is 3.02. The van der Waals surface area contributed by atoms with Crippen LogP contribution in [0.1, 0.15) is 31.7 Å². The standard InChI is InChI=1S/C20H27N3O4/c1-3-27-19(25)15-5-4-10-22(12-15)20(26)21-16-11-18(24)23(13-16)17-8-6-14(2)7-9-17/h6-9,15-16H,3-5,10-13H2,1-2H3,(H,21,26)/t15-,16+/m1/s1. The maximum atomic E-state index is 12.6. The Bertz CT molecular complexity index is 704. The first-order valence-corrected chi connectivity index (χ1v) is 9.57. The molecule has 1 aromatic rings. The summed E-state index contributed by atoms with van der Waals surface area (Å²) in [5.41, 5.74) is 1.99. The summed E-state index contributed by atoms with van der Waals surface area (Å²) in [5, 5.41) is 2.95. The van der Waals surface area contributed by atoms with Gasteiger partial charge in [-0.05, 0) is 38.8 Å². The molecule has 0 saturated carbocycles. The van der Waals surface area contributed by atoms with E-state index < -0.39 is 0 Å². The van der Waals surface area contributed by atoms with Gasteiger partial charge in [0, 0.05) is 31.7 Å². The number of esters is 1. The van der Waals surface area contributed by atoms with E-state index in [1.165, 1.54) is 0 Å². The zero-order chi connectivity index (χ0) is 19.4. The number of urea groups is 1. The summed E-state index contributed by atoms with van der Waals surface area (Å²) < 4.78 is 5.08. The van der Waals surface area contributed by atoms with Crippen LogP contribution >= 0.6 is 0 Å². The summed E-state index contributed by atoms with van der Waals surface area (Å²) >= 11 is 0. The highest BCUT2D eigenvalue weighted by atomic mass is 16.5. The largest absolute Gasteiger partial charge is 0.466 e. The van der Waals surface area contributed by atoms with Crippen molar-refractivity contribution in [3.05, 3.63) is 29.8 Å². The Kier molecular flexibility index (Phi) is 5.98. The molecule has 7 heteroatoms. The molecule has 0 aromatic heterocycles. The first-order chi connectivity index (χ1) is 13.0. The van der Waals surface area contributed by atoms with E-state index in [0.29, 0.717) is 26.2 Å². The Balaban J connectivity index is 1.56. The molecule has 2 heterocycles. The van der Waals surface area contributed by atoms with E-state index in [0.717, 1.165) is 24.1 Å². The normalized spacial score (nSPS) is 22.7. The summed E-state index contributed by atoms with van der Waals surface area (Å²) in [4.78, 5) is 40.3. The molecule has 2 saturated heterocycles. The molecule has 0 spiro atoms. The lowest BCUT2D eigenvalue weighted by molar-refractivity contribution is -0.149. The molecule has 2 aliphatic heterocycles. The summed E-state index contributed by atoms with van der Waals surface area (Å²) in [5.74, 6) is -0.498. The molecule has 3 amide bonds. The number of aryl methyl sites for hydroxylation is 1. The van der Waals surface area contributed by atoms with Gasteiger partial charge in [0.2, 0.25) is 5.91 Å². The predicted molar refractivity (Wildman–Crippen MR) is 101 cm³/mol. The van der Waals surface area contributed by atoms with Gasteiger partial charge in [0.05, 0.1) is 18.6 Å². The molecule has 3 rings (SSSR count). The monoisotopic (exact) mass is 373 g/mol. The summed E-state index contributed by atoms with van der Waals surface area (Å²) in [7, 11) is 0. The number of rotatable bonds is 4. The van der Waals surface area contributed by atoms with Crippen LogP contribution in [0, 0.1) is 12.8 Å². The lowest BCUT2D eigenvalue weighted by atomic mass is 9.98. The number of anilines is 1. The first-order valence-electron chi connectivity index (χ1n) is 9.57. The fraction of sp³-hybridized carbons (Fsp3) is 0.550. The number of hydrogen-bond donors (Lipinski definition) is 1. The third kappa shape index (κ3) is 4.59. The maximum absolute atomic E-state index is 12.6. The molecule has 1 aromatic carbocycles. The van der Waals surface area contributed by atoms with Crippen LogP contribution in [-0.4, -0.2) is 55.1 Å². The number of nitrogens with zero attached hydrogens (tertiary/aromatic N) is 2. The Morgan fingerprint density at radius 1 is 1.22 bits per heavy atom. The Hall–Kier alpha value is -2.57. The fourth-order valence-electron chi connectivity index (χ4n) is 3.66. The molecule has 2 aliphatic rings. The van der Waals surface area contributed by atoms with Gasteiger partial charge in [0.25, 0.3) is 0 Å². The molecule has 2 atom stereocenters. The third-order valence-electron chi connectivity index (χ3n) is 5.13. The Labute approximate surface area is 159 Å². The van der Waals surface area contributed by atoms with E-state index in [2.05, 4.69) is 5.32 Å². The second-order valence-corrected chi connectivity index (χ2v) is 7.23. The van der Waals surface area contributed by atoms with Gasteiger partial charge in [-0.1, -0.05) is 17.7 Å². The van der Waals surface area contributed by atoms with Crippen LogP contribution in [0.25, 0.3) is 0 Å². The number of benzene rings is 1. The van der Waals surface area contributed by atoms with Crippen LogP contribution in [0.2, 0.25) is 0 Å². The molecule has 0 bridgehead atoms. The fourth-order valence-corrected chi connectivity index (χ4v) is 3.66. The van der Waals surface area contributed by atoms with Crippen molar-refractivity contribution < 1.29 is 19.1 Å². The van der Waals surface area contributed by atoms with Crippen LogP contribution in [0.3, 0.4) is 0 Å². The molecule has 27 heavy (non-hydrogen) atoms. The van der Waals surface area contributed by atoms with Crippen molar-refractivity contribution in [2.75, 3.05) is 31.1 Å². The molecule has 0 radical (unpaired) electrons. The highest BCUT2D eigenvalue weighted by molar-refractivity contribution is 5.96. The van der Waals surface area contributed by atoms with E-state index in [-0.39, 0.29) is 36.3 Å². The summed E-state index contributed by atoms with van der Waals surface area (Å²) in [6.07, 6.45) is 1.80. The molecule has 0 aliphatic carbocycles. The van der Waals surface area contributed by atoms with Crippen molar-refractivity contribution in [1.29, 1.82) is 0 Å². The summed E-state index contributed by atoms with van der Waals surface area (Å²) in [6.45, 7) is 5.57. The van der Waals surface area contributed by atoms with E-state index in [9.17, 15) is 14.4 Å². The summed E-state index contributed by atoms with van der Waals surface area (Å²) in [6, 6.07) is 7.34. The number of piperidine rings is 1. The number of amides is 3. The zero-order valence-electron chi connectivity index (χ0n) is 15.9. The maximum Gasteiger partial charge on any atom is 0.317 e. The number of carbonyl (C=O) groups excluding carboxylic acids is 3. The minimum atomic E-state index is -0.265. The quantitative estimate of drug-likeness (QED) is 0.820. The van der Waals surface area contributed by atoms with Gasteiger partial charge in [-0.15, -0.1) is 0 Å². The minimum Gasteiger partial charge on any atom is -0.466 e. The van der Waals surface area contributed by atoms with E-state index in [4.69, 9.17) is 4.74 Å². The molecule has 2 fully saturated rings. The zero-order valence-corrected chi connectivity index (χ0v) is 15.9. The lowest BCUT2D eigenvalue weighted by Gasteiger charge is -2.32. The van der Waals surface area contributed by atoms with Crippen LogP contribution in [0.5, 0.6) is 0 Å². The van der Waals surface area contributed by atoms with Crippen molar-refractivity contribution >= 4 is 23.6 Å². The van der Waals surface area contributed by atoms with Gasteiger partial charge in [-0.2, -0.15) is 0 Å². The van der Waals surface area contributed by atoms with Gasteiger partial charge in [0.1, 0.15) is 0 Å². The number of ether oxygens (including phenoxy) is 1. The van der Waals surface area contributed by atoms with Gasteiger partial charge >= 0.3 is 12.0 Å². The third-order valence-corrected chi connectivity index (χ3v) is 5.13. The molecular weight excluding hydrogens is 346 g/mol. The van der Waals surface area contributed by atoms with E-state index in [1.807, 2.05) is 31.2 Å². The second-order valence-electron chi connectivity index (χ2n) is 7.23. The number of likely N-dealkylation sites (tertiary alicyclic amines) is 1. The number of hydrogen-bond acceptors (Lipinski definition) is 4. The Morgan fingerprint density at radius 2 is 1.96 bits per heavy atom. The highest BCUT2D eigenvalue weighted by Crippen LogP contribution is 2.23.